The van der Waals surface area contributed by atoms with Gasteiger partial charge in [0.25, 0.3) is 0 Å². The van der Waals surface area contributed by atoms with E-state index in [4.69, 9.17) is 4.42 Å². The fourth-order valence-corrected chi connectivity index (χ4v) is 6.92. The molecule has 9 rings (SSSR count). The molecule has 0 aliphatic carbocycles. The maximum Gasteiger partial charge on any atom is 0.136 e. The van der Waals surface area contributed by atoms with Gasteiger partial charge in [-0.3, -0.25) is 0 Å². The number of furan rings is 1. The monoisotopic (exact) mass is 546 g/mol. The lowest BCUT2D eigenvalue weighted by atomic mass is 9.84. The topological polar surface area (TPSA) is 13.1 Å². The number of fused-ring (bicyclic) bond motifs is 6. The maximum absolute atomic E-state index is 6.53. The lowest BCUT2D eigenvalue weighted by Gasteiger charge is -2.18. The second kappa shape index (κ2) is 9.44. The lowest BCUT2D eigenvalue weighted by Crippen LogP contribution is -1.91. The summed E-state index contributed by atoms with van der Waals surface area (Å²) in [4.78, 5) is 0. The zero-order chi connectivity index (χ0) is 28.3. The molecule has 8 aromatic carbocycles. The van der Waals surface area contributed by atoms with E-state index in [2.05, 4.69) is 158 Å². The molecule has 1 aromatic heterocycles. The van der Waals surface area contributed by atoms with Crippen LogP contribution in [-0.4, -0.2) is 0 Å². The molecule has 0 amide bonds. The van der Waals surface area contributed by atoms with Gasteiger partial charge in [0.2, 0.25) is 0 Å². The SMILES string of the molecule is c1ccc(-c2ccc3c(c2)oc2cccc(-c4c5ccccc5c(-c5ccc6ccccc6c5)c5ccccc45)c23)cc1. The highest BCUT2D eigenvalue weighted by Gasteiger charge is 2.20. The zero-order valence-electron chi connectivity index (χ0n) is 23.4. The average Bonchev–Trinajstić information content (AvgIpc) is 3.46. The molecule has 1 heteroatoms. The van der Waals surface area contributed by atoms with Crippen molar-refractivity contribution in [3.63, 3.8) is 0 Å². The van der Waals surface area contributed by atoms with Crippen molar-refractivity contribution in [2.24, 2.45) is 0 Å². The highest BCUT2D eigenvalue weighted by Crippen LogP contribution is 2.47. The zero-order valence-corrected chi connectivity index (χ0v) is 23.4. The van der Waals surface area contributed by atoms with Crippen LogP contribution in [0.5, 0.6) is 0 Å². The van der Waals surface area contributed by atoms with Gasteiger partial charge < -0.3 is 4.42 Å². The van der Waals surface area contributed by atoms with Gasteiger partial charge in [0.15, 0.2) is 0 Å². The van der Waals surface area contributed by atoms with Crippen molar-refractivity contribution in [2.75, 3.05) is 0 Å². The second-order valence-electron chi connectivity index (χ2n) is 11.3. The first-order valence-corrected chi connectivity index (χ1v) is 14.8. The summed E-state index contributed by atoms with van der Waals surface area (Å²) in [6.45, 7) is 0. The molecule has 0 atom stereocenters. The smallest absolute Gasteiger partial charge is 0.136 e. The maximum atomic E-state index is 6.53. The van der Waals surface area contributed by atoms with Crippen LogP contribution in [0, 0.1) is 0 Å². The highest BCUT2D eigenvalue weighted by molar-refractivity contribution is 6.25. The first-order chi connectivity index (χ1) is 21.3. The van der Waals surface area contributed by atoms with Crippen LogP contribution < -0.4 is 0 Å². The number of hydrogen-bond donors (Lipinski definition) is 0. The average molecular weight is 547 g/mol. The first kappa shape index (κ1) is 24.0. The third-order valence-corrected chi connectivity index (χ3v) is 8.84. The van der Waals surface area contributed by atoms with Crippen molar-refractivity contribution >= 4 is 54.3 Å². The largest absolute Gasteiger partial charge is 0.456 e. The fraction of sp³-hybridized carbons (Fsp3) is 0. The minimum atomic E-state index is 0.907. The Morgan fingerprint density at radius 3 is 1.70 bits per heavy atom. The molecular formula is C42H26O. The van der Waals surface area contributed by atoms with E-state index >= 15 is 0 Å². The summed E-state index contributed by atoms with van der Waals surface area (Å²) in [6, 6.07) is 56.7. The summed E-state index contributed by atoms with van der Waals surface area (Å²) in [7, 11) is 0. The Morgan fingerprint density at radius 1 is 0.326 bits per heavy atom. The van der Waals surface area contributed by atoms with E-state index in [1.165, 1.54) is 60.1 Å². The van der Waals surface area contributed by atoms with E-state index in [0.29, 0.717) is 0 Å². The van der Waals surface area contributed by atoms with Crippen LogP contribution >= 0.6 is 0 Å². The predicted molar refractivity (Wildman–Crippen MR) is 183 cm³/mol. The second-order valence-corrected chi connectivity index (χ2v) is 11.3. The van der Waals surface area contributed by atoms with Gasteiger partial charge in [-0.15, -0.1) is 0 Å². The Kier molecular flexibility index (Phi) is 5.27. The van der Waals surface area contributed by atoms with E-state index in [1.54, 1.807) is 0 Å². The summed E-state index contributed by atoms with van der Waals surface area (Å²) < 4.78 is 6.53. The molecule has 0 saturated carbocycles. The number of hydrogen-bond acceptors (Lipinski definition) is 1. The van der Waals surface area contributed by atoms with Crippen LogP contribution in [0.4, 0.5) is 0 Å². The van der Waals surface area contributed by atoms with E-state index in [1.807, 2.05) is 0 Å². The van der Waals surface area contributed by atoms with E-state index < -0.39 is 0 Å². The minimum absolute atomic E-state index is 0.907. The molecule has 0 unspecified atom stereocenters. The summed E-state index contributed by atoms with van der Waals surface area (Å²) >= 11 is 0. The van der Waals surface area contributed by atoms with Crippen molar-refractivity contribution in [1.82, 2.24) is 0 Å². The normalized spacial score (nSPS) is 11.7. The first-order valence-electron chi connectivity index (χ1n) is 14.8. The molecule has 0 aliphatic heterocycles. The van der Waals surface area contributed by atoms with Gasteiger partial charge in [-0.2, -0.15) is 0 Å². The van der Waals surface area contributed by atoms with Crippen molar-refractivity contribution in [2.45, 2.75) is 0 Å². The molecule has 0 bridgehead atoms. The Balaban J connectivity index is 1.36. The molecule has 1 nitrogen and oxygen atoms in total. The molecular weight excluding hydrogens is 520 g/mol. The minimum Gasteiger partial charge on any atom is -0.456 e. The molecule has 0 aliphatic rings. The van der Waals surface area contributed by atoms with E-state index in [0.717, 1.165) is 27.5 Å². The van der Waals surface area contributed by atoms with Crippen LogP contribution in [0.3, 0.4) is 0 Å². The molecule has 0 radical (unpaired) electrons. The molecule has 0 saturated heterocycles. The van der Waals surface area contributed by atoms with Crippen molar-refractivity contribution in [3.05, 3.63) is 158 Å². The van der Waals surface area contributed by atoms with Crippen molar-refractivity contribution in [3.8, 4) is 33.4 Å². The summed E-state index contributed by atoms with van der Waals surface area (Å²) in [6.07, 6.45) is 0. The lowest BCUT2D eigenvalue weighted by molar-refractivity contribution is 0.669. The van der Waals surface area contributed by atoms with Crippen LogP contribution in [0.2, 0.25) is 0 Å². The third kappa shape index (κ3) is 3.72. The van der Waals surface area contributed by atoms with Crippen molar-refractivity contribution < 1.29 is 4.42 Å². The molecule has 1 heterocycles. The third-order valence-electron chi connectivity index (χ3n) is 8.84. The summed E-state index contributed by atoms with van der Waals surface area (Å²) in [5, 5.41) is 9.79. The van der Waals surface area contributed by atoms with Gasteiger partial charge in [0, 0.05) is 10.8 Å². The highest BCUT2D eigenvalue weighted by atomic mass is 16.3. The van der Waals surface area contributed by atoms with Gasteiger partial charge in [-0.05, 0) is 90.0 Å². The van der Waals surface area contributed by atoms with Gasteiger partial charge in [-0.25, -0.2) is 0 Å². The van der Waals surface area contributed by atoms with Gasteiger partial charge in [-0.1, -0.05) is 133 Å². The molecule has 200 valence electrons. The van der Waals surface area contributed by atoms with E-state index in [-0.39, 0.29) is 0 Å². The Morgan fingerprint density at radius 2 is 0.953 bits per heavy atom. The summed E-state index contributed by atoms with van der Waals surface area (Å²) in [5.74, 6) is 0. The summed E-state index contributed by atoms with van der Waals surface area (Å²) in [5.41, 5.74) is 9.11. The molecule has 43 heavy (non-hydrogen) atoms. The molecule has 0 spiro atoms. The standard InChI is InChI=1S/C42H26O/c1-2-11-27(12-3-1)30-23-24-36-39(26-30)43-38-20-10-19-37(42(36)38)41-34-17-8-6-15-32(34)40(33-16-7-9-18-35(33)41)31-22-21-28-13-4-5-14-29(28)25-31/h1-26H. The van der Waals surface area contributed by atoms with Gasteiger partial charge in [0.05, 0.1) is 0 Å². The van der Waals surface area contributed by atoms with Crippen LogP contribution in [-0.2, 0) is 0 Å². The molecule has 9 aromatic rings. The van der Waals surface area contributed by atoms with Crippen LogP contribution in [0.25, 0.3) is 87.6 Å². The number of rotatable bonds is 3. The quantitative estimate of drug-likeness (QED) is 0.201. The van der Waals surface area contributed by atoms with Gasteiger partial charge in [0.1, 0.15) is 11.2 Å². The predicted octanol–water partition coefficient (Wildman–Crippen LogP) is 12.0. The Labute approximate surface area is 249 Å². The van der Waals surface area contributed by atoms with E-state index in [9.17, 15) is 0 Å². The van der Waals surface area contributed by atoms with Gasteiger partial charge >= 0.3 is 0 Å². The molecule has 0 N–H and O–H groups in total. The van der Waals surface area contributed by atoms with Crippen LogP contribution in [0.1, 0.15) is 0 Å². The number of benzene rings is 8. The fourth-order valence-electron chi connectivity index (χ4n) is 6.92. The van der Waals surface area contributed by atoms with Crippen LogP contribution in [0.15, 0.2) is 162 Å². The Hall–Kier alpha value is -5.66. The Bertz CT molecular complexity index is 2440. The van der Waals surface area contributed by atoms with Crippen molar-refractivity contribution in [1.29, 1.82) is 0 Å². The molecule has 0 fully saturated rings.